The van der Waals surface area contributed by atoms with Gasteiger partial charge in [-0.25, -0.2) is 0 Å². The maximum atomic E-state index is 10.3. The average molecular weight is 183 g/mol. The van der Waals surface area contributed by atoms with Crippen LogP contribution in [0.3, 0.4) is 0 Å². The largest absolute Gasteiger partial charge is 0.367 e. The van der Waals surface area contributed by atoms with Crippen LogP contribution in [0.4, 0.5) is 5.69 Å². The Morgan fingerprint density at radius 2 is 2.00 bits per heavy atom. The van der Waals surface area contributed by atoms with Crippen LogP contribution in [-0.4, -0.2) is 27.7 Å². The van der Waals surface area contributed by atoms with Crippen LogP contribution >= 0.6 is 0 Å². The van der Waals surface area contributed by atoms with Crippen LogP contribution in [0.15, 0.2) is 24.3 Å². The van der Waals surface area contributed by atoms with Crippen LogP contribution < -0.4 is 5.32 Å². The molecule has 70 valence electrons. The summed E-state index contributed by atoms with van der Waals surface area (Å²) < 4.78 is 0. The molecule has 5 nitrogen and oxygen atoms in total. The molecule has 0 aliphatic carbocycles. The summed E-state index contributed by atoms with van der Waals surface area (Å²) in [4.78, 5) is 10.3. The fraction of sp³-hybridized carbons (Fsp3) is 0.125. The third kappa shape index (κ3) is 3.20. The van der Waals surface area contributed by atoms with Crippen molar-refractivity contribution >= 4 is 12.0 Å². The maximum absolute atomic E-state index is 10.3. The third-order valence-electron chi connectivity index (χ3n) is 1.33. The molecular weight excluding hydrogens is 174 g/mol. The molecule has 0 heterocycles. The monoisotopic (exact) mass is 183 g/mol. The van der Waals surface area contributed by atoms with Crippen LogP contribution in [0.25, 0.3) is 0 Å². The van der Waals surface area contributed by atoms with E-state index in [1.165, 1.54) is 18.2 Å². The minimum absolute atomic E-state index is 0.233. The lowest BCUT2D eigenvalue weighted by molar-refractivity contribution is -0.289. The number of hydrogen-bond donors (Lipinski definition) is 4. The van der Waals surface area contributed by atoms with Gasteiger partial charge in [0, 0.05) is 11.3 Å². The highest BCUT2D eigenvalue weighted by Gasteiger charge is 2.16. The van der Waals surface area contributed by atoms with E-state index in [-0.39, 0.29) is 5.69 Å². The summed E-state index contributed by atoms with van der Waals surface area (Å²) in [6.07, 6.45) is -2.36. The van der Waals surface area contributed by atoms with Crippen LogP contribution in [0.5, 0.6) is 0 Å². The number of carbonyl (C=O) groups excluding carboxylic acids is 1. The van der Waals surface area contributed by atoms with Gasteiger partial charge in [0.25, 0.3) is 0 Å². The van der Waals surface area contributed by atoms with Crippen LogP contribution in [-0.2, 0) is 0 Å². The topological polar surface area (TPSA) is 89.8 Å². The van der Waals surface area contributed by atoms with Crippen molar-refractivity contribution in [1.82, 2.24) is 0 Å². The van der Waals surface area contributed by atoms with E-state index in [0.717, 1.165) is 0 Å². The number of benzene rings is 1. The Labute approximate surface area is 74.3 Å². The smallest absolute Gasteiger partial charge is 0.325 e. The van der Waals surface area contributed by atoms with E-state index in [1.54, 1.807) is 6.07 Å². The molecule has 0 saturated carbocycles. The van der Waals surface area contributed by atoms with Crippen molar-refractivity contribution in [3.63, 3.8) is 0 Å². The van der Waals surface area contributed by atoms with Gasteiger partial charge in [0.05, 0.1) is 0 Å². The van der Waals surface area contributed by atoms with Gasteiger partial charge in [-0.1, -0.05) is 12.1 Å². The summed E-state index contributed by atoms with van der Waals surface area (Å²) in [6.45, 7) is 0. The van der Waals surface area contributed by atoms with Gasteiger partial charge in [-0.3, -0.25) is 4.79 Å². The summed E-state index contributed by atoms with van der Waals surface area (Å²) in [7, 11) is 0. The Morgan fingerprint density at radius 3 is 2.54 bits per heavy atom. The summed E-state index contributed by atoms with van der Waals surface area (Å²) in [5.41, 5.74) is 0.603. The van der Waals surface area contributed by atoms with Crippen molar-refractivity contribution in [2.24, 2.45) is 0 Å². The molecule has 0 aromatic heterocycles. The SMILES string of the molecule is O=Cc1cccc(NC(O)(O)O)c1. The fourth-order valence-electron chi connectivity index (χ4n) is 0.883. The number of hydrogen-bond acceptors (Lipinski definition) is 5. The van der Waals surface area contributed by atoms with Gasteiger partial charge in [-0.05, 0) is 12.1 Å². The average Bonchev–Trinajstić information content (AvgIpc) is 2.01. The number of anilines is 1. The molecule has 0 unspecified atom stereocenters. The third-order valence-corrected chi connectivity index (χ3v) is 1.33. The number of nitrogens with one attached hydrogen (secondary N) is 1. The molecule has 0 bridgehead atoms. The maximum Gasteiger partial charge on any atom is 0.367 e. The first-order valence-corrected chi connectivity index (χ1v) is 3.52. The standard InChI is InChI=1S/C8H9NO4/c10-5-6-2-1-3-7(4-6)9-8(11,12)13/h1-5,9,11-13H. The summed E-state index contributed by atoms with van der Waals surface area (Å²) in [6, 6.07) is 5.93. The molecule has 0 aliphatic heterocycles. The predicted octanol–water partition coefficient (Wildman–Crippen LogP) is -0.501. The first kappa shape index (κ1) is 9.66. The summed E-state index contributed by atoms with van der Waals surface area (Å²) >= 11 is 0. The normalized spacial score (nSPS) is 11.0. The van der Waals surface area contributed by atoms with Gasteiger partial charge < -0.3 is 20.6 Å². The second-order valence-electron chi connectivity index (χ2n) is 2.50. The van der Waals surface area contributed by atoms with E-state index >= 15 is 0 Å². The van der Waals surface area contributed by atoms with Gasteiger partial charge in [0.1, 0.15) is 6.29 Å². The van der Waals surface area contributed by atoms with Gasteiger partial charge in [0.2, 0.25) is 0 Å². The minimum Gasteiger partial charge on any atom is -0.325 e. The quantitative estimate of drug-likeness (QED) is 0.374. The van der Waals surface area contributed by atoms with Crippen molar-refractivity contribution in [3.05, 3.63) is 29.8 Å². The molecule has 4 N–H and O–H groups in total. The number of aliphatic hydroxyl groups is 3. The van der Waals surface area contributed by atoms with Crippen LogP contribution in [0, 0.1) is 0 Å². The molecule has 0 spiro atoms. The lowest BCUT2D eigenvalue weighted by Gasteiger charge is -2.16. The molecule has 0 saturated heterocycles. The van der Waals surface area contributed by atoms with Crippen molar-refractivity contribution in [2.45, 2.75) is 6.10 Å². The molecule has 1 rings (SSSR count). The first-order valence-electron chi connectivity index (χ1n) is 3.52. The number of aldehydes is 1. The Balaban J connectivity index is 2.84. The molecule has 5 heteroatoms. The Kier molecular flexibility index (Phi) is 2.62. The minimum atomic E-state index is -2.97. The molecule has 0 atom stereocenters. The highest BCUT2D eigenvalue weighted by molar-refractivity contribution is 5.76. The molecule has 0 radical (unpaired) electrons. The molecule has 1 aromatic rings. The van der Waals surface area contributed by atoms with E-state index in [9.17, 15) is 4.79 Å². The second kappa shape index (κ2) is 3.53. The van der Waals surface area contributed by atoms with Crippen LogP contribution in [0.1, 0.15) is 10.4 Å². The van der Waals surface area contributed by atoms with E-state index in [0.29, 0.717) is 11.8 Å². The Hall–Kier alpha value is -1.43. The Morgan fingerprint density at radius 1 is 1.31 bits per heavy atom. The zero-order valence-corrected chi connectivity index (χ0v) is 6.64. The fourth-order valence-corrected chi connectivity index (χ4v) is 0.883. The lowest BCUT2D eigenvalue weighted by Crippen LogP contribution is -2.37. The second-order valence-corrected chi connectivity index (χ2v) is 2.50. The van der Waals surface area contributed by atoms with Crippen LogP contribution in [0.2, 0.25) is 0 Å². The van der Waals surface area contributed by atoms with Gasteiger partial charge in [0.15, 0.2) is 0 Å². The van der Waals surface area contributed by atoms with Gasteiger partial charge in [-0.15, -0.1) is 0 Å². The van der Waals surface area contributed by atoms with E-state index in [1.807, 2.05) is 5.32 Å². The predicted molar refractivity (Wildman–Crippen MR) is 44.8 cm³/mol. The molecular formula is C8H9NO4. The van der Waals surface area contributed by atoms with E-state index < -0.39 is 6.10 Å². The van der Waals surface area contributed by atoms with Gasteiger partial charge in [-0.2, -0.15) is 0 Å². The van der Waals surface area contributed by atoms with Crippen molar-refractivity contribution in [1.29, 1.82) is 0 Å². The first-order chi connectivity index (χ1) is 6.01. The molecule has 0 aliphatic rings. The Bertz CT molecular complexity index is 305. The zero-order valence-electron chi connectivity index (χ0n) is 6.64. The van der Waals surface area contributed by atoms with Crippen molar-refractivity contribution < 1.29 is 20.1 Å². The molecule has 0 fully saturated rings. The molecule has 0 amide bonds. The molecule has 13 heavy (non-hydrogen) atoms. The van der Waals surface area contributed by atoms with Crippen molar-refractivity contribution in [3.8, 4) is 0 Å². The van der Waals surface area contributed by atoms with Crippen molar-refractivity contribution in [2.75, 3.05) is 5.32 Å². The number of carbonyl (C=O) groups is 1. The van der Waals surface area contributed by atoms with E-state index in [2.05, 4.69) is 0 Å². The highest BCUT2D eigenvalue weighted by atomic mass is 16.7. The summed E-state index contributed by atoms with van der Waals surface area (Å²) in [5.74, 6) is 0. The summed E-state index contributed by atoms with van der Waals surface area (Å²) in [5, 5.41) is 27.6. The van der Waals surface area contributed by atoms with E-state index in [4.69, 9.17) is 15.3 Å². The number of rotatable bonds is 3. The van der Waals surface area contributed by atoms with Gasteiger partial charge >= 0.3 is 6.10 Å². The lowest BCUT2D eigenvalue weighted by atomic mass is 10.2. The molecule has 1 aromatic carbocycles. The highest BCUT2D eigenvalue weighted by Crippen LogP contribution is 2.11. The zero-order chi connectivity index (χ0) is 9.90.